The van der Waals surface area contributed by atoms with Crippen molar-refractivity contribution in [2.24, 2.45) is 5.16 Å². The van der Waals surface area contributed by atoms with E-state index < -0.39 is 15.9 Å². The number of nitrogens with zero attached hydrogens (tertiary/aromatic N) is 1. The number of oxime groups is 1. The number of benzene rings is 2. The third-order valence-corrected chi connectivity index (χ3v) is 6.67. The molecule has 1 saturated heterocycles. The first-order valence-corrected chi connectivity index (χ1v) is 10.7. The number of hydrogen-bond donors (Lipinski definition) is 1. The Morgan fingerprint density at radius 2 is 1.63 bits per heavy atom. The minimum absolute atomic E-state index is 0.0132. The van der Waals surface area contributed by atoms with Crippen LogP contribution < -0.4 is 5.32 Å². The lowest BCUT2D eigenvalue weighted by Gasteiger charge is -2.15. The van der Waals surface area contributed by atoms with Crippen LogP contribution >= 0.6 is 0 Å². The van der Waals surface area contributed by atoms with Gasteiger partial charge in [0, 0.05) is 17.2 Å². The van der Waals surface area contributed by atoms with Crippen molar-refractivity contribution in [3.8, 4) is 11.1 Å². The van der Waals surface area contributed by atoms with Crippen LogP contribution in [0.25, 0.3) is 11.1 Å². The van der Waals surface area contributed by atoms with Gasteiger partial charge in [0.1, 0.15) is 5.71 Å². The summed E-state index contributed by atoms with van der Waals surface area (Å²) in [6.45, 7) is 1.61. The fraction of sp³-hybridized carbons (Fsp3) is 0.300. The van der Waals surface area contributed by atoms with Gasteiger partial charge in [-0.1, -0.05) is 53.7 Å². The third kappa shape index (κ3) is 3.47. The molecule has 1 amide bonds. The highest BCUT2D eigenvalue weighted by molar-refractivity contribution is 7.91. The molecule has 140 valence electrons. The lowest BCUT2D eigenvalue weighted by molar-refractivity contribution is -0.132. The summed E-state index contributed by atoms with van der Waals surface area (Å²) >= 11 is 0. The maximum Gasteiger partial charge on any atom is 0.263 e. The van der Waals surface area contributed by atoms with Crippen LogP contribution in [0.1, 0.15) is 24.5 Å². The lowest BCUT2D eigenvalue weighted by Crippen LogP contribution is -2.41. The number of carbonyl (C=O) groups excluding carboxylic acids is 1. The summed E-state index contributed by atoms with van der Waals surface area (Å²) < 4.78 is 23.0. The predicted molar refractivity (Wildman–Crippen MR) is 103 cm³/mol. The van der Waals surface area contributed by atoms with E-state index in [1.54, 1.807) is 6.92 Å². The van der Waals surface area contributed by atoms with E-state index in [9.17, 15) is 13.2 Å². The monoisotopic (exact) mass is 384 g/mol. The maximum absolute atomic E-state index is 12.3. The van der Waals surface area contributed by atoms with E-state index in [1.165, 1.54) is 0 Å². The minimum Gasteiger partial charge on any atom is -0.382 e. The van der Waals surface area contributed by atoms with Crippen LogP contribution in [0.3, 0.4) is 0 Å². The Kier molecular flexibility index (Phi) is 4.47. The van der Waals surface area contributed by atoms with E-state index in [2.05, 4.69) is 10.5 Å². The van der Waals surface area contributed by atoms with Gasteiger partial charge in [-0.2, -0.15) is 0 Å². The van der Waals surface area contributed by atoms with Gasteiger partial charge in [0.25, 0.3) is 5.91 Å². The molecule has 2 aromatic rings. The number of hydrogen-bond acceptors (Lipinski definition) is 5. The summed E-state index contributed by atoms with van der Waals surface area (Å²) in [5, 5.41) is 7.00. The zero-order valence-corrected chi connectivity index (χ0v) is 15.7. The fourth-order valence-corrected chi connectivity index (χ4v) is 5.17. The van der Waals surface area contributed by atoms with Crippen molar-refractivity contribution in [1.82, 2.24) is 5.32 Å². The van der Waals surface area contributed by atoms with Crippen molar-refractivity contribution < 1.29 is 18.0 Å². The highest BCUT2D eigenvalue weighted by Gasteiger charge is 2.31. The number of fused-ring (bicyclic) bond motifs is 3. The van der Waals surface area contributed by atoms with Crippen molar-refractivity contribution in [2.75, 3.05) is 11.5 Å². The number of amides is 1. The Morgan fingerprint density at radius 3 is 2.15 bits per heavy atom. The molecule has 0 saturated carbocycles. The molecule has 0 spiro atoms. The van der Waals surface area contributed by atoms with Gasteiger partial charge in [-0.15, -0.1) is 0 Å². The topological polar surface area (TPSA) is 84.8 Å². The average molecular weight is 384 g/mol. The first kappa shape index (κ1) is 17.7. The second-order valence-corrected chi connectivity index (χ2v) is 9.12. The summed E-state index contributed by atoms with van der Waals surface area (Å²) in [7, 11) is -3.04. The van der Waals surface area contributed by atoms with Crippen LogP contribution in [-0.2, 0) is 19.5 Å². The van der Waals surface area contributed by atoms with E-state index >= 15 is 0 Å². The molecule has 0 bridgehead atoms. The van der Waals surface area contributed by atoms with E-state index in [4.69, 9.17) is 4.84 Å². The summed E-state index contributed by atoms with van der Waals surface area (Å²) in [6.07, 6.45) is -0.378. The second-order valence-electron chi connectivity index (χ2n) is 6.89. The van der Waals surface area contributed by atoms with Gasteiger partial charge in [0.05, 0.1) is 11.5 Å². The van der Waals surface area contributed by atoms with Crippen molar-refractivity contribution >= 4 is 21.5 Å². The SMILES string of the molecule is CC(ON=C1c2ccccc2-c2ccccc21)C(=O)NC1CCS(=O)(=O)C1. The maximum atomic E-state index is 12.3. The Labute approximate surface area is 158 Å². The molecule has 1 fully saturated rings. The largest absolute Gasteiger partial charge is 0.382 e. The molecular formula is C20H20N2O4S. The normalized spacial score (nSPS) is 20.5. The number of sulfone groups is 1. The van der Waals surface area contributed by atoms with E-state index in [-0.39, 0.29) is 23.5 Å². The smallest absolute Gasteiger partial charge is 0.263 e. The molecule has 2 aromatic carbocycles. The van der Waals surface area contributed by atoms with Crippen LogP contribution in [0.2, 0.25) is 0 Å². The number of carbonyl (C=O) groups is 1. The predicted octanol–water partition coefficient (Wildman–Crippen LogP) is 2.13. The van der Waals surface area contributed by atoms with Gasteiger partial charge in [0.2, 0.25) is 6.10 Å². The summed E-state index contributed by atoms with van der Waals surface area (Å²) in [6, 6.07) is 15.5. The Balaban J connectivity index is 1.50. The van der Waals surface area contributed by atoms with Crippen LogP contribution in [0.5, 0.6) is 0 Å². The molecule has 6 nitrogen and oxygen atoms in total. The molecule has 1 heterocycles. The zero-order chi connectivity index (χ0) is 19.0. The summed E-state index contributed by atoms with van der Waals surface area (Å²) in [5.41, 5.74) is 4.80. The molecule has 2 unspecified atom stereocenters. The fourth-order valence-electron chi connectivity index (χ4n) is 3.50. The van der Waals surface area contributed by atoms with Crippen molar-refractivity contribution in [2.45, 2.75) is 25.5 Å². The Hall–Kier alpha value is -2.67. The van der Waals surface area contributed by atoms with E-state index in [1.807, 2.05) is 48.5 Å². The van der Waals surface area contributed by atoms with Crippen molar-refractivity contribution in [3.05, 3.63) is 59.7 Å². The molecule has 1 aliphatic carbocycles. The number of nitrogens with one attached hydrogen (secondary N) is 1. The van der Waals surface area contributed by atoms with Gasteiger partial charge < -0.3 is 10.2 Å². The highest BCUT2D eigenvalue weighted by Crippen LogP contribution is 2.36. The molecule has 7 heteroatoms. The molecule has 0 radical (unpaired) electrons. The Morgan fingerprint density at radius 1 is 1.07 bits per heavy atom. The van der Waals surface area contributed by atoms with Gasteiger partial charge in [0.15, 0.2) is 9.84 Å². The average Bonchev–Trinajstić information content (AvgIpc) is 3.16. The molecule has 1 aliphatic heterocycles. The third-order valence-electron chi connectivity index (χ3n) is 4.90. The molecule has 0 aromatic heterocycles. The van der Waals surface area contributed by atoms with Crippen LogP contribution in [0, 0.1) is 0 Å². The highest BCUT2D eigenvalue weighted by atomic mass is 32.2. The van der Waals surface area contributed by atoms with Gasteiger partial charge >= 0.3 is 0 Å². The molecule has 4 rings (SSSR count). The first-order chi connectivity index (χ1) is 12.9. The summed E-state index contributed by atoms with van der Waals surface area (Å²) in [4.78, 5) is 17.8. The van der Waals surface area contributed by atoms with Crippen molar-refractivity contribution in [1.29, 1.82) is 0 Å². The minimum atomic E-state index is -3.04. The zero-order valence-electron chi connectivity index (χ0n) is 14.9. The summed E-state index contributed by atoms with van der Waals surface area (Å²) in [5.74, 6) is -0.259. The Bertz CT molecular complexity index is 982. The van der Waals surface area contributed by atoms with Gasteiger partial charge in [-0.25, -0.2) is 8.42 Å². The van der Waals surface area contributed by atoms with Crippen LogP contribution in [-0.4, -0.2) is 43.7 Å². The lowest BCUT2D eigenvalue weighted by atomic mass is 10.1. The second kappa shape index (κ2) is 6.81. The number of rotatable bonds is 4. The van der Waals surface area contributed by atoms with Crippen LogP contribution in [0.4, 0.5) is 0 Å². The van der Waals surface area contributed by atoms with Gasteiger partial charge in [-0.3, -0.25) is 4.79 Å². The quantitative estimate of drug-likeness (QED) is 0.699. The molecule has 1 N–H and O–H groups in total. The van der Waals surface area contributed by atoms with Gasteiger partial charge in [-0.05, 0) is 24.5 Å². The van der Waals surface area contributed by atoms with Crippen LogP contribution in [0.15, 0.2) is 53.7 Å². The van der Waals surface area contributed by atoms with E-state index in [0.29, 0.717) is 12.1 Å². The standard InChI is InChI=1S/C20H20N2O4S/c1-13(20(23)21-14-10-11-27(24,25)12-14)26-22-19-17-8-4-2-6-15(17)16-7-3-5-9-18(16)19/h2-9,13-14H,10-12H2,1H3,(H,21,23). The first-order valence-electron chi connectivity index (χ1n) is 8.88. The molecule has 27 heavy (non-hydrogen) atoms. The molecule has 2 aliphatic rings. The van der Waals surface area contributed by atoms with Crippen molar-refractivity contribution in [3.63, 3.8) is 0 Å². The van der Waals surface area contributed by atoms with E-state index in [0.717, 1.165) is 22.3 Å². The molecule has 2 atom stereocenters. The molecular weight excluding hydrogens is 364 g/mol.